The number of hydrogen-bond donors (Lipinski definition) is 1. The first-order valence-electron chi connectivity index (χ1n) is 7.70. The van der Waals surface area contributed by atoms with Gasteiger partial charge in [0.2, 0.25) is 0 Å². The molecule has 0 saturated carbocycles. The summed E-state index contributed by atoms with van der Waals surface area (Å²) in [5.74, 6) is 1.58. The van der Waals surface area contributed by atoms with Crippen LogP contribution in [0, 0.1) is 5.82 Å². The zero-order valence-corrected chi connectivity index (χ0v) is 15.8. The van der Waals surface area contributed by atoms with Crippen LogP contribution in [0.2, 0.25) is 0 Å². The van der Waals surface area contributed by atoms with Crippen molar-refractivity contribution in [3.63, 3.8) is 0 Å². The Morgan fingerprint density at radius 1 is 1.04 bits per heavy atom. The van der Waals surface area contributed by atoms with Gasteiger partial charge < -0.3 is 24.3 Å². The van der Waals surface area contributed by atoms with Gasteiger partial charge in [-0.15, -0.1) is 0 Å². The van der Waals surface area contributed by atoms with E-state index in [2.05, 4.69) is 5.32 Å². The van der Waals surface area contributed by atoms with E-state index >= 15 is 0 Å². The van der Waals surface area contributed by atoms with Gasteiger partial charge in [-0.25, -0.2) is 4.39 Å². The van der Waals surface area contributed by atoms with Crippen molar-refractivity contribution in [3.05, 3.63) is 41.7 Å². The van der Waals surface area contributed by atoms with Crippen LogP contribution in [-0.4, -0.2) is 35.2 Å². The molecule has 136 valence electrons. The van der Waals surface area contributed by atoms with Crippen molar-refractivity contribution in [1.29, 1.82) is 0 Å². The first-order valence-corrected chi connectivity index (χ1v) is 8.70. The molecule has 0 bridgehead atoms. The second kappa shape index (κ2) is 9.56. The van der Waals surface area contributed by atoms with Gasteiger partial charge in [-0.3, -0.25) is 0 Å². The van der Waals surface area contributed by atoms with Gasteiger partial charge in [0, 0.05) is 25.0 Å². The van der Waals surface area contributed by atoms with E-state index in [0.717, 1.165) is 16.2 Å². The summed E-state index contributed by atoms with van der Waals surface area (Å²) < 4.78 is 35.1. The predicted molar refractivity (Wildman–Crippen MR) is 98.8 cm³/mol. The fraction of sp³-hybridized carbons (Fsp3) is 0.333. The van der Waals surface area contributed by atoms with E-state index in [4.69, 9.17) is 18.9 Å². The Labute approximate surface area is 149 Å². The number of benzene rings is 2. The fourth-order valence-electron chi connectivity index (χ4n) is 2.37. The maximum absolute atomic E-state index is 13.6. The Morgan fingerprint density at radius 2 is 1.84 bits per heavy atom. The zero-order chi connectivity index (χ0) is 18.2. The standard InChI is InChI=1S/C18H23FNO4P/c1-20-10-12-7-13(19)5-6-16(12)25-17-9-14(22-3)8-15(23-4)18(17)24-11-21-2/h5-9,20,25H,10-11H2,1-4H3. The summed E-state index contributed by atoms with van der Waals surface area (Å²) in [5.41, 5.74) is 0.903. The number of halogens is 1. The van der Waals surface area contributed by atoms with E-state index < -0.39 is 0 Å². The molecule has 2 rings (SSSR count). The molecule has 0 aromatic heterocycles. The average Bonchev–Trinajstić information content (AvgIpc) is 2.62. The van der Waals surface area contributed by atoms with Gasteiger partial charge in [-0.05, 0) is 36.1 Å². The molecule has 0 amide bonds. The third-order valence-corrected chi connectivity index (χ3v) is 4.91. The molecule has 1 N–H and O–H groups in total. The second-order valence-electron chi connectivity index (χ2n) is 5.21. The Kier molecular flexibility index (Phi) is 7.44. The lowest BCUT2D eigenvalue weighted by Gasteiger charge is -2.17. The maximum atomic E-state index is 13.6. The highest BCUT2D eigenvalue weighted by Gasteiger charge is 2.16. The average molecular weight is 367 g/mol. The Balaban J connectivity index is 2.46. The van der Waals surface area contributed by atoms with Gasteiger partial charge in [0.25, 0.3) is 0 Å². The maximum Gasteiger partial charge on any atom is 0.188 e. The fourth-order valence-corrected chi connectivity index (χ4v) is 3.67. The molecule has 2 aromatic carbocycles. The minimum Gasteiger partial charge on any atom is -0.497 e. The summed E-state index contributed by atoms with van der Waals surface area (Å²) in [6.07, 6.45) is 0. The predicted octanol–water partition coefficient (Wildman–Crippen LogP) is 2.17. The third kappa shape index (κ3) is 5.05. The third-order valence-electron chi connectivity index (χ3n) is 3.51. The van der Waals surface area contributed by atoms with Crippen molar-refractivity contribution < 1.29 is 23.3 Å². The molecule has 2 aromatic rings. The van der Waals surface area contributed by atoms with Crippen LogP contribution >= 0.6 is 8.58 Å². The van der Waals surface area contributed by atoms with Crippen LogP contribution in [0.25, 0.3) is 0 Å². The topological polar surface area (TPSA) is 49.0 Å². The summed E-state index contributed by atoms with van der Waals surface area (Å²) in [6, 6.07) is 8.48. The summed E-state index contributed by atoms with van der Waals surface area (Å²) in [7, 11) is 6.81. The van der Waals surface area contributed by atoms with Crippen molar-refractivity contribution in [3.8, 4) is 17.2 Å². The molecule has 0 fully saturated rings. The highest BCUT2D eigenvalue weighted by atomic mass is 31.1. The van der Waals surface area contributed by atoms with Gasteiger partial charge in [0.15, 0.2) is 18.3 Å². The van der Waals surface area contributed by atoms with Crippen LogP contribution in [0.15, 0.2) is 30.3 Å². The Morgan fingerprint density at radius 3 is 2.48 bits per heavy atom. The lowest BCUT2D eigenvalue weighted by Crippen LogP contribution is -2.17. The minimum atomic E-state index is -0.252. The molecule has 1 unspecified atom stereocenters. The van der Waals surface area contributed by atoms with Gasteiger partial charge >= 0.3 is 0 Å². The number of ether oxygens (including phenoxy) is 4. The highest BCUT2D eigenvalue weighted by molar-refractivity contribution is 7.55. The molecule has 0 heterocycles. The smallest absolute Gasteiger partial charge is 0.188 e. The molecule has 1 atom stereocenters. The van der Waals surface area contributed by atoms with Gasteiger partial charge in [0.1, 0.15) is 11.6 Å². The normalized spacial score (nSPS) is 11.1. The van der Waals surface area contributed by atoms with Crippen LogP contribution in [0.3, 0.4) is 0 Å². The van der Waals surface area contributed by atoms with E-state index in [1.165, 1.54) is 6.07 Å². The largest absolute Gasteiger partial charge is 0.497 e. The van der Waals surface area contributed by atoms with Crippen LogP contribution in [0.1, 0.15) is 5.56 Å². The molecule has 7 heteroatoms. The summed E-state index contributed by atoms with van der Waals surface area (Å²) in [5, 5.41) is 4.99. The lowest BCUT2D eigenvalue weighted by atomic mass is 10.2. The molecule has 0 radical (unpaired) electrons. The van der Waals surface area contributed by atoms with Crippen molar-refractivity contribution in [2.45, 2.75) is 6.54 Å². The van der Waals surface area contributed by atoms with Gasteiger partial charge in [-0.2, -0.15) is 0 Å². The monoisotopic (exact) mass is 367 g/mol. The lowest BCUT2D eigenvalue weighted by molar-refractivity contribution is 0.0499. The minimum absolute atomic E-state index is 0.104. The molecule has 0 spiro atoms. The Hall–Kier alpha value is -1.88. The number of methoxy groups -OCH3 is 3. The van der Waals surface area contributed by atoms with E-state index in [1.54, 1.807) is 39.5 Å². The van der Waals surface area contributed by atoms with Crippen molar-refractivity contribution in [1.82, 2.24) is 5.32 Å². The van der Waals surface area contributed by atoms with Gasteiger partial charge in [0.05, 0.1) is 14.2 Å². The van der Waals surface area contributed by atoms with E-state index in [0.29, 0.717) is 23.8 Å². The van der Waals surface area contributed by atoms with Crippen LogP contribution in [0.4, 0.5) is 4.39 Å². The summed E-state index contributed by atoms with van der Waals surface area (Å²) in [4.78, 5) is 0. The van der Waals surface area contributed by atoms with E-state index in [-0.39, 0.29) is 21.2 Å². The van der Waals surface area contributed by atoms with Crippen LogP contribution < -0.4 is 30.1 Å². The molecule has 0 aliphatic carbocycles. The molecule has 0 aliphatic heterocycles. The van der Waals surface area contributed by atoms with Crippen molar-refractivity contribution in [2.24, 2.45) is 0 Å². The summed E-state index contributed by atoms with van der Waals surface area (Å²) in [6.45, 7) is 0.683. The van der Waals surface area contributed by atoms with Crippen LogP contribution in [-0.2, 0) is 11.3 Å². The van der Waals surface area contributed by atoms with Crippen molar-refractivity contribution in [2.75, 3.05) is 35.2 Å². The molecule has 5 nitrogen and oxygen atoms in total. The Bertz CT molecular complexity index is 712. The first-order chi connectivity index (χ1) is 12.1. The molecular formula is C18H23FNO4P. The number of hydrogen-bond acceptors (Lipinski definition) is 5. The van der Waals surface area contributed by atoms with E-state index in [1.807, 2.05) is 13.1 Å². The summed E-state index contributed by atoms with van der Waals surface area (Å²) >= 11 is 0. The first kappa shape index (κ1) is 19.4. The molecule has 25 heavy (non-hydrogen) atoms. The molecular weight excluding hydrogens is 344 g/mol. The van der Waals surface area contributed by atoms with E-state index in [9.17, 15) is 4.39 Å². The van der Waals surface area contributed by atoms with Crippen molar-refractivity contribution >= 4 is 19.2 Å². The highest BCUT2D eigenvalue weighted by Crippen LogP contribution is 2.34. The second-order valence-corrected chi connectivity index (χ2v) is 6.54. The van der Waals surface area contributed by atoms with Gasteiger partial charge in [-0.1, -0.05) is 14.6 Å². The quantitative estimate of drug-likeness (QED) is 0.544. The number of rotatable bonds is 9. The molecule has 0 saturated heterocycles. The SMILES string of the molecule is CNCc1cc(F)ccc1Pc1cc(OC)cc(OC)c1OCOC. The zero-order valence-electron chi connectivity index (χ0n) is 14.8. The van der Waals surface area contributed by atoms with Crippen LogP contribution in [0.5, 0.6) is 17.2 Å². The number of nitrogens with one attached hydrogen (secondary N) is 1. The molecule has 0 aliphatic rings.